The van der Waals surface area contributed by atoms with Gasteiger partial charge in [0.15, 0.2) is 0 Å². The Balaban J connectivity index is 2.90. The zero-order valence-corrected chi connectivity index (χ0v) is 12.5. The topological polar surface area (TPSA) is 119 Å². The number of carboxylic acids is 1. The second-order valence-electron chi connectivity index (χ2n) is 5.18. The number of methoxy groups -OCH3 is 1. The van der Waals surface area contributed by atoms with Crippen molar-refractivity contribution in [1.82, 2.24) is 5.32 Å². The zero-order valence-electron chi connectivity index (χ0n) is 12.5. The van der Waals surface area contributed by atoms with Gasteiger partial charge in [-0.3, -0.25) is 9.59 Å². The molecule has 0 aliphatic rings. The molecule has 0 bridgehead atoms. The maximum absolute atomic E-state index is 12.0. The predicted molar refractivity (Wildman–Crippen MR) is 78.9 cm³/mol. The summed E-state index contributed by atoms with van der Waals surface area (Å²) in [6.45, 7) is 1.51. The van der Waals surface area contributed by atoms with E-state index in [2.05, 4.69) is 5.32 Å². The number of amides is 1. The highest BCUT2D eigenvalue weighted by Gasteiger charge is 2.37. The number of benzene rings is 1. The summed E-state index contributed by atoms with van der Waals surface area (Å²) in [5, 5.41) is 11.2. The lowest BCUT2D eigenvalue weighted by molar-refractivity contribution is -0.150. The number of hydrogen-bond donors (Lipinski definition) is 3. The minimum absolute atomic E-state index is 0.200. The molecule has 2 atom stereocenters. The van der Waals surface area contributed by atoms with E-state index in [0.717, 1.165) is 5.56 Å². The van der Waals surface area contributed by atoms with Crippen LogP contribution in [-0.4, -0.2) is 41.6 Å². The van der Waals surface area contributed by atoms with Crippen molar-refractivity contribution in [2.75, 3.05) is 7.11 Å². The van der Waals surface area contributed by atoms with E-state index in [1.54, 1.807) is 0 Å². The third-order valence-electron chi connectivity index (χ3n) is 3.17. The number of carbonyl (C=O) groups excluding carboxylic acids is 2. The molecule has 0 heterocycles. The molecule has 7 nitrogen and oxygen atoms in total. The highest BCUT2D eigenvalue weighted by atomic mass is 16.5. The van der Waals surface area contributed by atoms with Crippen molar-refractivity contribution < 1.29 is 24.2 Å². The monoisotopic (exact) mass is 308 g/mol. The molecule has 7 heteroatoms. The van der Waals surface area contributed by atoms with Gasteiger partial charge in [-0.15, -0.1) is 0 Å². The Kier molecular flexibility index (Phi) is 6.06. The molecule has 0 unspecified atom stereocenters. The van der Waals surface area contributed by atoms with Crippen LogP contribution in [0.3, 0.4) is 0 Å². The van der Waals surface area contributed by atoms with E-state index in [9.17, 15) is 14.4 Å². The number of rotatable bonds is 7. The standard InChI is InChI=1S/C15H20N2O5/c1-15(14(21)22-2,9-10-6-4-3-5-7-10)17-13(20)11(16)8-12(18)19/h3-7,11H,8-9,16H2,1-2H3,(H,17,20)(H,18,19)/t11-,15-/m0/s1. The fourth-order valence-corrected chi connectivity index (χ4v) is 2.04. The second-order valence-corrected chi connectivity index (χ2v) is 5.18. The Morgan fingerprint density at radius 3 is 2.41 bits per heavy atom. The summed E-state index contributed by atoms with van der Waals surface area (Å²) in [6.07, 6.45) is -0.319. The van der Waals surface area contributed by atoms with Crippen molar-refractivity contribution in [3.63, 3.8) is 0 Å². The van der Waals surface area contributed by atoms with Gasteiger partial charge in [0.2, 0.25) is 5.91 Å². The Hall–Kier alpha value is -2.41. The molecule has 0 aliphatic heterocycles. The van der Waals surface area contributed by atoms with Crippen LogP contribution in [0.2, 0.25) is 0 Å². The molecule has 22 heavy (non-hydrogen) atoms. The molecule has 1 rings (SSSR count). The van der Waals surface area contributed by atoms with E-state index < -0.39 is 35.8 Å². The highest BCUT2D eigenvalue weighted by molar-refractivity contribution is 5.92. The van der Waals surface area contributed by atoms with Gasteiger partial charge in [-0.05, 0) is 12.5 Å². The third kappa shape index (κ3) is 4.85. The third-order valence-corrected chi connectivity index (χ3v) is 3.17. The van der Waals surface area contributed by atoms with Crippen LogP contribution < -0.4 is 11.1 Å². The second kappa shape index (κ2) is 7.56. The lowest BCUT2D eigenvalue weighted by Gasteiger charge is -2.29. The summed E-state index contributed by atoms with van der Waals surface area (Å²) >= 11 is 0. The van der Waals surface area contributed by atoms with Crippen LogP contribution in [0, 0.1) is 0 Å². The van der Waals surface area contributed by atoms with Crippen molar-refractivity contribution in [1.29, 1.82) is 0 Å². The van der Waals surface area contributed by atoms with Gasteiger partial charge in [0.1, 0.15) is 5.54 Å². The molecule has 120 valence electrons. The first kappa shape index (κ1) is 17.6. The van der Waals surface area contributed by atoms with E-state index in [1.165, 1.54) is 14.0 Å². The summed E-state index contributed by atoms with van der Waals surface area (Å²) < 4.78 is 4.74. The van der Waals surface area contributed by atoms with Gasteiger partial charge in [0, 0.05) is 6.42 Å². The van der Waals surface area contributed by atoms with Gasteiger partial charge in [-0.1, -0.05) is 30.3 Å². The molecular weight excluding hydrogens is 288 g/mol. The number of carbonyl (C=O) groups is 3. The SMILES string of the molecule is COC(=O)[C@](C)(Cc1ccccc1)NC(=O)[C@@H](N)CC(=O)O. The van der Waals surface area contributed by atoms with Gasteiger partial charge >= 0.3 is 11.9 Å². The number of hydrogen-bond acceptors (Lipinski definition) is 5. The first-order valence-electron chi connectivity index (χ1n) is 6.70. The molecule has 4 N–H and O–H groups in total. The molecule has 0 fully saturated rings. The number of ether oxygens (including phenoxy) is 1. The van der Waals surface area contributed by atoms with Gasteiger partial charge in [-0.25, -0.2) is 4.79 Å². The first-order valence-corrected chi connectivity index (χ1v) is 6.70. The quantitative estimate of drug-likeness (QED) is 0.614. The summed E-state index contributed by atoms with van der Waals surface area (Å²) in [4.78, 5) is 34.6. The molecule has 0 saturated carbocycles. The fraction of sp³-hybridized carbons (Fsp3) is 0.400. The van der Waals surface area contributed by atoms with E-state index in [4.69, 9.17) is 15.6 Å². The minimum Gasteiger partial charge on any atom is -0.481 e. The maximum Gasteiger partial charge on any atom is 0.331 e. The summed E-state index contributed by atoms with van der Waals surface area (Å²) in [5.41, 5.74) is 5.01. The molecule has 0 aliphatic carbocycles. The van der Waals surface area contributed by atoms with E-state index in [0.29, 0.717) is 0 Å². The van der Waals surface area contributed by atoms with Crippen LogP contribution in [0.4, 0.5) is 0 Å². The molecule has 0 aromatic heterocycles. The van der Waals surface area contributed by atoms with Gasteiger partial charge in [0.25, 0.3) is 0 Å². The normalized spacial score (nSPS) is 14.5. The van der Waals surface area contributed by atoms with Gasteiger partial charge < -0.3 is 20.9 Å². The van der Waals surface area contributed by atoms with E-state index in [-0.39, 0.29) is 6.42 Å². The molecule has 0 saturated heterocycles. The summed E-state index contributed by atoms with van der Waals surface area (Å²) in [5.74, 6) is -2.54. The largest absolute Gasteiger partial charge is 0.481 e. The lowest BCUT2D eigenvalue weighted by Crippen LogP contribution is -2.58. The average molecular weight is 308 g/mol. The van der Waals surface area contributed by atoms with Crippen molar-refractivity contribution in [3.8, 4) is 0 Å². The first-order chi connectivity index (χ1) is 10.3. The number of carboxylic acid groups (broad SMARTS) is 1. The van der Waals surface area contributed by atoms with Crippen molar-refractivity contribution in [2.24, 2.45) is 5.73 Å². The smallest absolute Gasteiger partial charge is 0.331 e. The zero-order chi connectivity index (χ0) is 16.8. The number of esters is 1. The Morgan fingerprint density at radius 1 is 1.32 bits per heavy atom. The van der Waals surface area contributed by atoms with Crippen molar-refractivity contribution in [2.45, 2.75) is 31.3 Å². The van der Waals surface area contributed by atoms with Crippen LogP contribution in [0.1, 0.15) is 18.9 Å². The van der Waals surface area contributed by atoms with E-state index in [1.807, 2.05) is 30.3 Å². The fourth-order valence-electron chi connectivity index (χ4n) is 2.04. The van der Waals surface area contributed by atoms with Crippen LogP contribution in [0.25, 0.3) is 0 Å². The Bertz CT molecular complexity index is 546. The Labute approximate surface area is 128 Å². The van der Waals surface area contributed by atoms with Crippen LogP contribution in [0.5, 0.6) is 0 Å². The van der Waals surface area contributed by atoms with Crippen LogP contribution >= 0.6 is 0 Å². The molecule has 0 spiro atoms. The highest BCUT2D eigenvalue weighted by Crippen LogP contribution is 2.15. The van der Waals surface area contributed by atoms with Gasteiger partial charge in [0.05, 0.1) is 19.6 Å². The molecule has 1 aromatic rings. The Morgan fingerprint density at radius 2 is 1.91 bits per heavy atom. The summed E-state index contributed by atoms with van der Waals surface area (Å²) in [7, 11) is 1.22. The number of nitrogens with one attached hydrogen (secondary N) is 1. The molecule has 0 radical (unpaired) electrons. The molecule has 1 amide bonds. The maximum atomic E-state index is 12.0. The number of aliphatic carboxylic acids is 1. The number of nitrogens with two attached hydrogens (primary N) is 1. The van der Waals surface area contributed by atoms with E-state index >= 15 is 0 Å². The predicted octanol–water partition coefficient (Wildman–Crippen LogP) is 0.0790. The summed E-state index contributed by atoms with van der Waals surface area (Å²) in [6, 6.07) is 7.84. The van der Waals surface area contributed by atoms with Crippen molar-refractivity contribution in [3.05, 3.63) is 35.9 Å². The molecular formula is C15H20N2O5. The van der Waals surface area contributed by atoms with Crippen molar-refractivity contribution >= 4 is 17.8 Å². The van der Waals surface area contributed by atoms with Crippen LogP contribution in [0.15, 0.2) is 30.3 Å². The molecule has 1 aromatic carbocycles. The minimum atomic E-state index is -1.33. The lowest BCUT2D eigenvalue weighted by atomic mass is 9.92. The average Bonchev–Trinajstić information content (AvgIpc) is 2.46. The van der Waals surface area contributed by atoms with Crippen LogP contribution in [-0.2, 0) is 25.5 Å². The van der Waals surface area contributed by atoms with Gasteiger partial charge in [-0.2, -0.15) is 0 Å².